The second-order valence-corrected chi connectivity index (χ2v) is 7.32. The minimum absolute atomic E-state index is 0.427. The Morgan fingerprint density at radius 1 is 0.968 bits per heavy atom. The zero-order chi connectivity index (χ0) is 21.5. The molecule has 0 saturated carbocycles. The number of esters is 1. The minimum atomic E-state index is -0.427. The van der Waals surface area contributed by atoms with Crippen LogP contribution in [0.15, 0.2) is 89.3 Å². The largest absolute Gasteiger partial charge is 0.497 e. The lowest BCUT2D eigenvalue weighted by atomic mass is 10.2. The zero-order valence-electron chi connectivity index (χ0n) is 16.7. The highest BCUT2D eigenvalue weighted by atomic mass is 32.1. The maximum absolute atomic E-state index is 12.2. The molecule has 0 bridgehead atoms. The van der Waals surface area contributed by atoms with E-state index in [-0.39, 0.29) is 0 Å². The van der Waals surface area contributed by atoms with Gasteiger partial charge in [-0.2, -0.15) is 5.10 Å². The van der Waals surface area contributed by atoms with Gasteiger partial charge < -0.3 is 9.47 Å². The molecule has 7 heteroatoms. The first-order valence-corrected chi connectivity index (χ1v) is 10.4. The van der Waals surface area contributed by atoms with Crippen LogP contribution in [-0.4, -0.2) is 24.3 Å². The number of aromatic nitrogens is 1. The first kappa shape index (κ1) is 20.3. The summed E-state index contributed by atoms with van der Waals surface area (Å²) in [5.41, 5.74) is 6.23. The van der Waals surface area contributed by atoms with Crippen molar-refractivity contribution in [2.75, 3.05) is 12.5 Å². The molecule has 0 aliphatic heterocycles. The number of nitrogens with one attached hydrogen (secondary N) is 1. The van der Waals surface area contributed by atoms with E-state index in [9.17, 15) is 4.79 Å². The number of hydrazone groups is 1. The van der Waals surface area contributed by atoms with Crippen molar-refractivity contribution >= 4 is 28.7 Å². The van der Waals surface area contributed by atoms with Crippen molar-refractivity contribution in [3.05, 3.63) is 95.4 Å². The first-order chi connectivity index (χ1) is 15.2. The summed E-state index contributed by atoms with van der Waals surface area (Å²) in [7, 11) is 1.58. The number of nitrogens with zero attached hydrogens (tertiary/aromatic N) is 2. The van der Waals surface area contributed by atoms with Crippen LogP contribution in [0.4, 0.5) is 5.13 Å². The van der Waals surface area contributed by atoms with Gasteiger partial charge in [0.15, 0.2) is 0 Å². The number of methoxy groups -OCH3 is 1. The average molecular weight is 430 g/mol. The standard InChI is InChI=1S/C24H19N3O3S/c1-29-20-13-9-19(10-14-20)23(28)30-21-11-7-17(8-12-21)15-25-27-24-26-22(16-31-24)18-5-3-2-4-6-18/h2-16H,1H3,(H,26,27)/b25-15+. The van der Waals surface area contributed by atoms with Gasteiger partial charge in [-0.3, -0.25) is 5.43 Å². The second-order valence-electron chi connectivity index (χ2n) is 6.46. The van der Waals surface area contributed by atoms with Crippen LogP contribution >= 0.6 is 11.3 Å². The number of rotatable bonds is 7. The van der Waals surface area contributed by atoms with E-state index in [1.807, 2.05) is 47.8 Å². The van der Waals surface area contributed by atoms with Gasteiger partial charge in [-0.15, -0.1) is 11.3 Å². The summed E-state index contributed by atoms with van der Waals surface area (Å²) in [4.78, 5) is 16.8. The summed E-state index contributed by atoms with van der Waals surface area (Å²) in [5, 5.41) is 6.92. The molecular formula is C24H19N3O3S. The number of carbonyl (C=O) groups is 1. The van der Waals surface area contributed by atoms with Crippen LogP contribution in [0.2, 0.25) is 0 Å². The summed E-state index contributed by atoms with van der Waals surface area (Å²) in [6, 6.07) is 23.8. The molecule has 0 fully saturated rings. The molecule has 0 spiro atoms. The Morgan fingerprint density at radius 2 is 1.68 bits per heavy atom. The number of benzene rings is 3. The van der Waals surface area contributed by atoms with Crippen LogP contribution in [-0.2, 0) is 0 Å². The number of anilines is 1. The quantitative estimate of drug-likeness (QED) is 0.182. The maximum Gasteiger partial charge on any atom is 0.343 e. The summed E-state index contributed by atoms with van der Waals surface area (Å²) in [6.45, 7) is 0. The second kappa shape index (κ2) is 9.69. The third-order valence-corrected chi connectivity index (χ3v) is 5.11. The molecule has 1 aromatic heterocycles. The zero-order valence-corrected chi connectivity index (χ0v) is 17.5. The normalized spacial score (nSPS) is 10.7. The van der Waals surface area contributed by atoms with E-state index < -0.39 is 5.97 Å². The van der Waals surface area contributed by atoms with E-state index in [0.717, 1.165) is 16.8 Å². The third-order valence-electron chi connectivity index (χ3n) is 4.36. The monoisotopic (exact) mass is 429 g/mol. The van der Waals surface area contributed by atoms with Crippen molar-refractivity contribution in [3.8, 4) is 22.8 Å². The molecule has 0 saturated heterocycles. The van der Waals surface area contributed by atoms with Gasteiger partial charge in [0.2, 0.25) is 5.13 Å². The topological polar surface area (TPSA) is 72.8 Å². The number of carbonyl (C=O) groups excluding carboxylic acids is 1. The van der Waals surface area contributed by atoms with Crippen LogP contribution in [0.1, 0.15) is 15.9 Å². The molecule has 0 unspecified atom stereocenters. The Morgan fingerprint density at radius 3 is 2.39 bits per heavy atom. The predicted molar refractivity (Wildman–Crippen MR) is 123 cm³/mol. The Balaban J connectivity index is 1.32. The predicted octanol–water partition coefficient (Wildman–Crippen LogP) is 5.48. The molecule has 1 N–H and O–H groups in total. The number of hydrogen-bond donors (Lipinski definition) is 1. The highest BCUT2D eigenvalue weighted by Gasteiger charge is 2.08. The Kier molecular flexibility index (Phi) is 6.35. The van der Waals surface area contributed by atoms with Crippen LogP contribution in [0.25, 0.3) is 11.3 Å². The molecule has 1 heterocycles. The first-order valence-electron chi connectivity index (χ1n) is 9.47. The van der Waals surface area contributed by atoms with Crippen molar-refractivity contribution in [3.63, 3.8) is 0 Å². The fourth-order valence-electron chi connectivity index (χ4n) is 2.74. The molecule has 154 valence electrons. The molecule has 0 atom stereocenters. The summed E-state index contributed by atoms with van der Waals surface area (Å²) in [6.07, 6.45) is 1.68. The molecule has 4 aromatic rings. The van der Waals surface area contributed by atoms with Gasteiger partial charge >= 0.3 is 5.97 Å². The molecule has 0 radical (unpaired) electrons. The van der Waals surface area contributed by atoms with Gasteiger partial charge in [0.1, 0.15) is 11.5 Å². The lowest BCUT2D eigenvalue weighted by Gasteiger charge is -2.05. The van der Waals surface area contributed by atoms with E-state index in [4.69, 9.17) is 9.47 Å². The average Bonchev–Trinajstić information content (AvgIpc) is 3.30. The lowest BCUT2D eigenvalue weighted by Crippen LogP contribution is -2.08. The number of thiazole rings is 1. The summed E-state index contributed by atoms with van der Waals surface area (Å²) >= 11 is 1.49. The van der Waals surface area contributed by atoms with Crippen LogP contribution in [0.3, 0.4) is 0 Å². The lowest BCUT2D eigenvalue weighted by molar-refractivity contribution is 0.0734. The molecular weight excluding hydrogens is 410 g/mol. The highest BCUT2D eigenvalue weighted by Crippen LogP contribution is 2.24. The fraction of sp³-hybridized carbons (Fsp3) is 0.0417. The van der Waals surface area contributed by atoms with Crippen LogP contribution in [0.5, 0.6) is 11.5 Å². The maximum atomic E-state index is 12.2. The van der Waals surface area contributed by atoms with Gasteiger partial charge in [-0.25, -0.2) is 9.78 Å². The molecule has 6 nitrogen and oxygen atoms in total. The van der Waals surface area contributed by atoms with E-state index in [0.29, 0.717) is 22.2 Å². The van der Waals surface area contributed by atoms with Crippen LogP contribution < -0.4 is 14.9 Å². The van der Waals surface area contributed by atoms with Crippen molar-refractivity contribution in [2.24, 2.45) is 5.10 Å². The van der Waals surface area contributed by atoms with Gasteiger partial charge in [-0.1, -0.05) is 30.3 Å². The summed E-state index contributed by atoms with van der Waals surface area (Å²) < 4.78 is 10.5. The van der Waals surface area contributed by atoms with Gasteiger partial charge in [0.05, 0.1) is 24.6 Å². The van der Waals surface area contributed by atoms with Crippen molar-refractivity contribution in [1.82, 2.24) is 4.98 Å². The Bertz CT molecular complexity index is 1170. The van der Waals surface area contributed by atoms with Crippen molar-refractivity contribution in [2.45, 2.75) is 0 Å². The van der Waals surface area contributed by atoms with Gasteiger partial charge in [0, 0.05) is 10.9 Å². The SMILES string of the molecule is COc1ccc(C(=O)Oc2ccc(/C=N/Nc3nc(-c4ccccc4)cs3)cc2)cc1. The van der Waals surface area contributed by atoms with Crippen molar-refractivity contribution < 1.29 is 14.3 Å². The minimum Gasteiger partial charge on any atom is -0.497 e. The van der Waals surface area contributed by atoms with Gasteiger partial charge in [-0.05, 0) is 54.1 Å². The molecule has 0 amide bonds. The van der Waals surface area contributed by atoms with E-state index in [1.54, 1.807) is 49.7 Å². The molecule has 31 heavy (non-hydrogen) atoms. The van der Waals surface area contributed by atoms with Crippen LogP contribution in [0, 0.1) is 0 Å². The molecule has 0 aliphatic rings. The molecule has 3 aromatic carbocycles. The van der Waals surface area contributed by atoms with Crippen molar-refractivity contribution in [1.29, 1.82) is 0 Å². The smallest absolute Gasteiger partial charge is 0.343 e. The van der Waals surface area contributed by atoms with E-state index >= 15 is 0 Å². The molecule has 0 aliphatic carbocycles. The van der Waals surface area contributed by atoms with E-state index in [2.05, 4.69) is 15.5 Å². The fourth-order valence-corrected chi connectivity index (χ4v) is 3.41. The molecule has 4 rings (SSSR count). The van der Waals surface area contributed by atoms with E-state index in [1.165, 1.54) is 11.3 Å². The highest BCUT2D eigenvalue weighted by molar-refractivity contribution is 7.14. The number of hydrogen-bond acceptors (Lipinski definition) is 7. The summed E-state index contributed by atoms with van der Waals surface area (Å²) in [5.74, 6) is 0.713. The third kappa shape index (κ3) is 5.34. The Labute approximate surface area is 183 Å². The number of ether oxygens (including phenoxy) is 2. The van der Waals surface area contributed by atoms with Gasteiger partial charge in [0.25, 0.3) is 0 Å². The Hall–Kier alpha value is -3.97.